The summed E-state index contributed by atoms with van der Waals surface area (Å²) in [5.74, 6) is -0.746. The first kappa shape index (κ1) is 20.4. The van der Waals surface area contributed by atoms with Gasteiger partial charge in [-0.1, -0.05) is 23.2 Å². The van der Waals surface area contributed by atoms with Crippen LogP contribution in [-0.2, 0) is 9.53 Å². The Morgan fingerprint density at radius 2 is 2.00 bits per heavy atom. The number of hydrogen-bond donors (Lipinski definition) is 1. The fraction of sp³-hybridized carbons (Fsp3) is 0.235. The maximum absolute atomic E-state index is 12.4. The Bertz CT molecular complexity index is 832. The van der Waals surface area contributed by atoms with Crippen molar-refractivity contribution in [2.45, 2.75) is 17.9 Å². The van der Waals surface area contributed by atoms with Crippen LogP contribution < -0.4 is 10.1 Å². The summed E-state index contributed by atoms with van der Waals surface area (Å²) in [5.41, 5.74) is 0.229. The molecule has 0 saturated heterocycles. The average molecular weight is 415 g/mol. The maximum Gasteiger partial charge on any atom is 0.342 e. The highest BCUT2D eigenvalue weighted by Gasteiger charge is 2.22. The first-order valence-electron chi connectivity index (χ1n) is 7.40. The summed E-state index contributed by atoms with van der Waals surface area (Å²) in [4.78, 5) is 29.4. The number of methoxy groups -OCH3 is 1. The highest BCUT2D eigenvalue weighted by atomic mass is 35.5. The molecule has 0 fully saturated rings. The molecule has 6 nitrogen and oxygen atoms in total. The van der Waals surface area contributed by atoms with Crippen LogP contribution in [0.3, 0.4) is 0 Å². The highest BCUT2D eigenvalue weighted by Crippen LogP contribution is 2.26. The van der Waals surface area contributed by atoms with Gasteiger partial charge in [-0.15, -0.1) is 11.8 Å². The number of carbonyl (C=O) groups is 2. The Kier molecular flexibility index (Phi) is 7.14. The van der Waals surface area contributed by atoms with Crippen LogP contribution in [0, 0.1) is 0 Å². The maximum atomic E-state index is 12.4. The van der Waals surface area contributed by atoms with Gasteiger partial charge in [-0.25, -0.2) is 9.78 Å². The summed E-state index contributed by atoms with van der Waals surface area (Å²) in [6.07, 6.45) is 2.19. The number of carbonyl (C=O) groups excluding carboxylic acids is 2. The van der Waals surface area contributed by atoms with Crippen molar-refractivity contribution >= 4 is 52.7 Å². The van der Waals surface area contributed by atoms with E-state index in [1.54, 1.807) is 18.2 Å². The van der Waals surface area contributed by atoms with E-state index >= 15 is 0 Å². The molecule has 0 aliphatic carbocycles. The quantitative estimate of drug-likeness (QED) is 0.560. The van der Waals surface area contributed by atoms with Gasteiger partial charge in [0, 0.05) is 11.1 Å². The minimum atomic E-state index is -1.07. The van der Waals surface area contributed by atoms with Crippen LogP contribution in [0.4, 0.5) is 5.82 Å². The van der Waals surface area contributed by atoms with Crippen molar-refractivity contribution in [2.75, 3.05) is 18.7 Å². The molecule has 1 heterocycles. The Hall–Kier alpha value is -1.96. The third kappa shape index (κ3) is 5.03. The molecule has 0 aliphatic heterocycles. The number of nitrogens with one attached hydrogen (secondary N) is 1. The second-order valence-corrected chi connectivity index (χ2v) is 6.81. The first-order valence-corrected chi connectivity index (χ1v) is 9.38. The van der Waals surface area contributed by atoms with E-state index in [1.807, 2.05) is 6.26 Å². The van der Waals surface area contributed by atoms with Crippen molar-refractivity contribution in [3.63, 3.8) is 0 Å². The lowest BCUT2D eigenvalue weighted by molar-refractivity contribution is -0.123. The smallest absolute Gasteiger partial charge is 0.342 e. The molecule has 9 heteroatoms. The van der Waals surface area contributed by atoms with Crippen molar-refractivity contribution in [2.24, 2.45) is 0 Å². The van der Waals surface area contributed by atoms with Gasteiger partial charge in [-0.3, -0.25) is 4.79 Å². The van der Waals surface area contributed by atoms with Crippen LogP contribution in [0.1, 0.15) is 17.3 Å². The van der Waals surface area contributed by atoms with Gasteiger partial charge in [-0.2, -0.15) is 0 Å². The lowest BCUT2D eigenvalue weighted by atomic mass is 10.2. The second kappa shape index (κ2) is 9.12. The molecule has 2 rings (SSSR count). The summed E-state index contributed by atoms with van der Waals surface area (Å²) < 4.78 is 10.4. The van der Waals surface area contributed by atoms with E-state index < -0.39 is 18.0 Å². The normalized spacial score (nSPS) is 11.6. The summed E-state index contributed by atoms with van der Waals surface area (Å²) in [5, 5.41) is 3.01. The molecule has 0 unspecified atom stereocenters. The Morgan fingerprint density at radius 1 is 1.27 bits per heavy atom. The van der Waals surface area contributed by atoms with Crippen molar-refractivity contribution < 1.29 is 19.1 Å². The molecule has 1 amide bonds. The number of ether oxygens (including phenoxy) is 2. The fourth-order valence-corrected chi connectivity index (χ4v) is 2.83. The van der Waals surface area contributed by atoms with Crippen molar-refractivity contribution in [1.29, 1.82) is 0 Å². The fourth-order valence-electron chi connectivity index (χ4n) is 1.97. The lowest BCUT2D eigenvalue weighted by Crippen LogP contribution is -2.30. The number of esters is 1. The Labute approximate surface area is 165 Å². The molecule has 26 heavy (non-hydrogen) atoms. The van der Waals surface area contributed by atoms with Crippen LogP contribution in [0.5, 0.6) is 5.75 Å². The molecule has 2 aromatic rings. The monoisotopic (exact) mass is 414 g/mol. The van der Waals surface area contributed by atoms with Crippen LogP contribution in [-0.4, -0.2) is 36.3 Å². The first-order chi connectivity index (χ1) is 12.3. The van der Waals surface area contributed by atoms with Gasteiger partial charge in [-0.05, 0) is 37.4 Å². The molecule has 138 valence electrons. The third-order valence-electron chi connectivity index (χ3n) is 3.33. The number of nitrogens with zero attached hydrogens (tertiary/aromatic N) is 1. The van der Waals surface area contributed by atoms with Gasteiger partial charge in [0.05, 0.1) is 17.2 Å². The summed E-state index contributed by atoms with van der Waals surface area (Å²) in [7, 11) is 1.46. The van der Waals surface area contributed by atoms with Gasteiger partial charge in [0.1, 0.15) is 11.3 Å². The SMILES string of the molecule is COc1cc(SC)ccc1C(=O)O[C@@H](C)C(=O)Nc1ncc(Cl)cc1Cl. The van der Waals surface area contributed by atoms with Crippen LogP contribution >= 0.6 is 35.0 Å². The van der Waals surface area contributed by atoms with E-state index in [9.17, 15) is 9.59 Å². The number of anilines is 1. The number of pyridine rings is 1. The van der Waals surface area contributed by atoms with E-state index in [0.717, 1.165) is 4.90 Å². The van der Waals surface area contributed by atoms with E-state index in [-0.39, 0.29) is 16.4 Å². The van der Waals surface area contributed by atoms with Gasteiger partial charge in [0.15, 0.2) is 11.9 Å². The van der Waals surface area contributed by atoms with Crippen LogP contribution in [0.25, 0.3) is 0 Å². The zero-order valence-corrected chi connectivity index (χ0v) is 16.5. The number of aromatic nitrogens is 1. The molecule has 0 bridgehead atoms. The second-order valence-electron chi connectivity index (χ2n) is 5.09. The number of thioether (sulfide) groups is 1. The number of benzene rings is 1. The molecule has 0 aliphatic rings. The number of amides is 1. The Morgan fingerprint density at radius 3 is 2.62 bits per heavy atom. The number of halogens is 2. The van der Waals surface area contributed by atoms with E-state index in [2.05, 4.69) is 10.3 Å². The minimum absolute atomic E-state index is 0.130. The Balaban J connectivity index is 2.07. The molecule has 1 atom stereocenters. The van der Waals surface area contributed by atoms with Crippen molar-refractivity contribution in [3.05, 3.63) is 46.1 Å². The van der Waals surface area contributed by atoms with Crippen LogP contribution in [0.2, 0.25) is 10.0 Å². The predicted molar refractivity (Wildman–Crippen MR) is 103 cm³/mol. The van der Waals surface area contributed by atoms with E-state index in [0.29, 0.717) is 10.8 Å². The van der Waals surface area contributed by atoms with E-state index in [1.165, 1.54) is 38.1 Å². The van der Waals surface area contributed by atoms with Gasteiger partial charge < -0.3 is 14.8 Å². The van der Waals surface area contributed by atoms with Crippen molar-refractivity contribution in [3.8, 4) is 5.75 Å². The largest absolute Gasteiger partial charge is 0.496 e. The third-order valence-corrected chi connectivity index (χ3v) is 4.55. The van der Waals surface area contributed by atoms with Gasteiger partial charge in [0.25, 0.3) is 5.91 Å². The zero-order valence-electron chi connectivity index (χ0n) is 14.2. The van der Waals surface area contributed by atoms with E-state index in [4.69, 9.17) is 32.7 Å². The summed E-state index contributed by atoms with van der Waals surface area (Å²) in [6, 6.07) is 6.53. The number of rotatable bonds is 6. The zero-order chi connectivity index (χ0) is 19.3. The molecule has 0 radical (unpaired) electrons. The lowest BCUT2D eigenvalue weighted by Gasteiger charge is -2.15. The molecular weight excluding hydrogens is 399 g/mol. The molecule has 1 aromatic carbocycles. The minimum Gasteiger partial charge on any atom is -0.496 e. The van der Waals surface area contributed by atoms with Crippen LogP contribution in [0.15, 0.2) is 35.4 Å². The average Bonchev–Trinajstić information content (AvgIpc) is 2.63. The van der Waals surface area contributed by atoms with Gasteiger partial charge in [0.2, 0.25) is 0 Å². The predicted octanol–water partition coefficient (Wildman–Crippen LogP) is 4.30. The topological polar surface area (TPSA) is 77.5 Å². The molecule has 1 N–H and O–H groups in total. The van der Waals surface area contributed by atoms with Crippen molar-refractivity contribution in [1.82, 2.24) is 4.98 Å². The highest BCUT2D eigenvalue weighted by molar-refractivity contribution is 7.98. The number of hydrogen-bond acceptors (Lipinski definition) is 6. The molecule has 1 aromatic heterocycles. The standard InChI is InChI=1S/C17H16Cl2N2O4S/c1-9(16(22)21-15-13(19)6-10(18)8-20-15)25-17(23)12-5-4-11(26-3)7-14(12)24-2/h4-9H,1-3H3,(H,20,21,22)/t9-/m0/s1. The molecular formula is C17H16Cl2N2O4S. The summed E-state index contributed by atoms with van der Waals surface area (Å²) >= 11 is 13.2. The molecule has 0 saturated carbocycles. The summed E-state index contributed by atoms with van der Waals surface area (Å²) in [6.45, 7) is 1.44. The molecule has 0 spiro atoms. The van der Waals surface area contributed by atoms with Gasteiger partial charge >= 0.3 is 5.97 Å².